The van der Waals surface area contributed by atoms with Crippen LogP contribution in [0, 0.1) is 6.92 Å². The van der Waals surface area contributed by atoms with Gasteiger partial charge in [-0.1, -0.05) is 42.0 Å². The van der Waals surface area contributed by atoms with Crippen LogP contribution in [0.15, 0.2) is 53.4 Å². The minimum atomic E-state index is -0.354. The highest BCUT2D eigenvalue weighted by atomic mass is 32.2. The van der Waals surface area contributed by atoms with E-state index in [1.54, 1.807) is 0 Å². The quantitative estimate of drug-likeness (QED) is 0.864. The first-order valence-electron chi connectivity index (χ1n) is 9.71. The third kappa shape index (κ3) is 4.39. The van der Waals surface area contributed by atoms with Crippen molar-refractivity contribution >= 4 is 29.3 Å². The molecule has 1 N–H and O–H groups in total. The number of amides is 2. The van der Waals surface area contributed by atoms with Crippen LogP contribution in [-0.2, 0) is 16.1 Å². The highest BCUT2D eigenvalue weighted by molar-refractivity contribution is 8.01. The molecule has 0 aromatic heterocycles. The molecule has 0 radical (unpaired) electrons. The van der Waals surface area contributed by atoms with Crippen molar-refractivity contribution in [3.63, 3.8) is 0 Å². The van der Waals surface area contributed by atoms with Gasteiger partial charge in [-0.2, -0.15) is 0 Å². The van der Waals surface area contributed by atoms with E-state index in [2.05, 4.69) is 41.4 Å². The van der Waals surface area contributed by atoms with Crippen molar-refractivity contribution in [1.29, 1.82) is 0 Å². The van der Waals surface area contributed by atoms with Gasteiger partial charge in [0.1, 0.15) is 0 Å². The highest BCUT2D eigenvalue weighted by Crippen LogP contribution is 2.36. The summed E-state index contributed by atoms with van der Waals surface area (Å²) >= 11 is 1.49. The first kappa shape index (κ1) is 19.0. The van der Waals surface area contributed by atoms with E-state index in [0.717, 1.165) is 43.3 Å². The van der Waals surface area contributed by atoms with E-state index in [-0.39, 0.29) is 23.5 Å². The summed E-state index contributed by atoms with van der Waals surface area (Å²) in [4.78, 5) is 30.4. The van der Waals surface area contributed by atoms with E-state index in [4.69, 9.17) is 0 Å². The fraction of sp³-hybridized carbons (Fsp3) is 0.364. The Morgan fingerprint density at radius 3 is 2.68 bits per heavy atom. The molecule has 0 spiro atoms. The molecule has 2 aliphatic heterocycles. The van der Waals surface area contributed by atoms with Crippen molar-refractivity contribution in [3.8, 4) is 0 Å². The van der Waals surface area contributed by atoms with E-state index in [9.17, 15) is 9.59 Å². The molecule has 0 saturated carbocycles. The van der Waals surface area contributed by atoms with Crippen molar-refractivity contribution in [2.45, 2.75) is 30.0 Å². The standard InChI is InChI=1S/C22H25N3O2S/c1-16-5-4-6-17(13-16)15-24-9-11-25(12-10-24)21(26)14-20-22(27)23-18-7-2-3-8-19(18)28-20/h2-8,13,20H,9-12,14-15H2,1H3,(H,23,27)/t20-/m1/s1. The van der Waals surface area contributed by atoms with Crippen LogP contribution in [0.2, 0.25) is 0 Å². The lowest BCUT2D eigenvalue weighted by Crippen LogP contribution is -2.49. The van der Waals surface area contributed by atoms with E-state index >= 15 is 0 Å². The summed E-state index contributed by atoms with van der Waals surface area (Å²) < 4.78 is 0. The number of para-hydroxylation sites is 1. The lowest BCUT2D eigenvalue weighted by Gasteiger charge is -2.35. The van der Waals surface area contributed by atoms with Crippen molar-refractivity contribution in [3.05, 3.63) is 59.7 Å². The summed E-state index contributed by atoms with van der Waals surface area (Å²) in [7, 11) is 0. The number of hydrogen-bond acceptors (Lipinski definition) is 4. The molecule has 2 aliphatic rings. The second kappa shape index (κ2) is 8.37. The van der Waals surface area contributed by atoms with Crippen LogP contribution in [-0.4, -0.2) is 53.0 Å². The maximum Gasteiger partial charge on any atom is 0.238 e. The maximum absolute atomic E-state index is 12.7. The zero-order chi connectivity index (χ0) is 19.5. The number of hydrogen-bond donors (Lipinski definition) is 1. The molecule has 4 rings (SSSR count). The lowest BCUT2D eigenvalue weighted by atomic mass is 10.1. The molecule has 28 heavy (non-hydrogen) atoms. The summed E-state index contributed by atoms with van der Waals surface area (Å²) in [5, 5.41) is 2.56. The molecule has 1 fully saturated rings. The molecule has 1 saturated heterocycles. The minimum Gasteiger partial charge on any atom is -0.340 e. The van der Waals surface area contributed by atoms with Gasteiger partial charge in [0.05, 0.1) is 10.9 Å². The smallest absolute Gasteiger partial charge is 0.238 e. The number of piperazine rings is 1. The zero-order valence-corrected chi connectivity index (χ0v) is 16.9. The van der Waals surface area contributed by atoms with Crippen LogP contribution < -0.4 is 5.32 Å². The summed E-state index contributed by atoms with van der Waals surface area (Å²) in [6.45, 7) is 6.21. The van der Waals surface area contributed by atoms with Crippen molar-refractivity contribution in [1.82, 2.24) is 9.80 Å². The Balaban J connectivity index is 1.29. The molecule has 0 aliphatic carbocycles. The first-order chi connectivity index (χ1) is 13.6. The topological polar surface area (TPSA) is 52.6 Å². The molecule has 2 aromatic carbocycles. The van der Waals surface area contributed by atoms with E-state index < -0.39 is 0 Å². The second-order valence-corrected chi connectivity index (χ2v) is 8.69. The third-order valence-corrected chi connectivity index (χ3v) is 6.56. The van der Waals surface area contributed by atoms with E-state index in [1.165, 1.54) is 22.9 Å². The van der Waals surface area contributed by atoms with Gasteiger partial charge in [0.25, 0.3) is 0 Å². The first-order valence-corrected chi connectivity index (χ1v) is 10.6. The number of aryl methyl sites for hydroxylation is 1. The lowest BCUT2D eigenvalue weighted by molar-refractivity contribution is -0.134. The third-order valence-electron chi connectivity index (χ3n) is 5.28. The molecule has 1 atom stereocenters. The van der Waals surface area contributed by atoms with Gasteiger partial charge < -0.3 is 10.2 Å². The predicted octanol–water partition coefficient (Wildman–Crippen LogP) is 3.14. The summed E-state index contributed by atoms with van der Waals surface area (Å²) in [6, 6.07) is 16.3. The van der Waals surface area contributed by atoms with E-state index in [0.29, 0.717) is 0 Å². The van der Waals surface area contributed by atoms with Gasteiger partial charge >= 0.3 is 0 Å². The Labute approximate surface area is 170 Å². The van der Waals surface area contributed by atoms with Crippen LogP contribution >= 0.6 is 11.8 Å². The number of rotatable bonds is 4. The van der Waals surface area contributed by atoms with Gasteiger partial charge in [-0.3, -0.25) is 14.5 Å². The normalized spacial score (nSPS) is 19.8. The van der Waals surface area contributed by atoms with Gasteiger partial charge in [-0.15, -0.1) is 11.8 Å². The molecule has 146 valence electrons. The monoisotopic (exact) mass is 395 g/mol. The zero-order valence-electron chi connectivity index (χ0n) is 16.1. The van der Waals surface area contributed by atoms with Gasteiger partial charge in [0.2, 0.25) is 11.8 Å². The molecule has 6 heteroatoms. The average molecular weight is 396 g/mol. The van der Waals surface area contributed by atoms with Gasteiger partial charge in [-0.25, -0.2) is 0 Å². The van der Waals surface area contributed by atoms with Crippen LogP contribution in [0.3, 0.4) is 0 Å². The number of thioether (sulfide) groups is 1. The van der Waals surface area contributed by atoms with Crippen LogP contribution in [0.4, 0.5) is 5.69 Å². The number of carbonyl (C=O) groups excluding carboxylic acids is 2. The highest BCUT2D eigenvalue weighted by Gasteiger charge is 2.31. The van der Waals surface area contributed by atoms with Gasteiger partial charge in [0, 0.05) is 44.0 Å². The Kier molecular flexibility index (Phi) is 5.69. The predicted molar refractivity (Wildman–Crippen MR) is 112 cm³/mol. The molecule has 0 bridgehead atoms. The second-order valence-electron chi connectivity index (χ2n) is 7.44. The molecule has 2 aromatic rings. The van der Waals surface area contributed by atoms with Crippen LogP contribution in [0.5, 0.6) is 0 Å². The van der Waals surface area contributed by atoms with E-state index in [1.807, 2.05) is 29.2 Å². The number of anilines is 1. The largest absolute Gasteiger partial charge is 0.340 e. The van der Waals surface area contributed by atoms with Crippen molar-refractivity contribution in [2.75, 3.05) is 31.5 Å². The fourth-order valence-electron chi connectivity index (χ4n) is 3.74. The number of fused-ring (bicyclic) bond motifs is 1. The molecule has 2 amide bonds. The summed E-state index contributed by atoms with van der Waals surface area (Å²) in [5.41, 5.74) is 3.43. The van der Waals surface area contributed by atoms with Gasteiger partial charge in [-0.05, 0) is 24.6 Å². The van der Waals surface area contributed by atoms with Crippen LogP contribution in [0.1, 0.15) is 17.5 Å². The summed E-state index contributed by atoms with van der Waals surface area (Å²) in [5.74, 6) is -0.00244. The Bertz CT molecular complexity index is 878. The molecular weight excluding hydrogens is 370 g/mol. The Morgan fingerprint density at radius 1 is 1.11 bits per heavy atom. The number of nitrogens with zero attached hydrogens (tertiary/aromatic N) is 2. The Morgan fingerprint density at radius 2 is 1.89 bits per heavy atom. The molecule has 5 nitrogen and oxygen atoms in total. The maximum atomic E-state index is 12.7. The Hall–Kier alpha value is -2.31. The summed E-state index contributed by atoms with van der Waals surface area (Å²) in [6.07, 6.45) is 0.253. The van der Waals surface area contributed by atoms with Crippen molar-refractivity contribution < 1.29 is 9.59 Å². The number of nitrogens with one attached hydrogen (secondary N) is 1. The molecule has 0 unspecified atom stereocenters. The number of carbonyl (C=O) groups is 2. The fourth-order valence-corrected chi connectivity index (χ4v) is 4.84. The number of benzene rings is 2. The molecule has 2 heterocycles. The minimum absolute atomic E-state index is 0.0715. The molecular formula is C22H25N3O2S. The average Bonchev–Trinajstić information content (AvgIpc) is 2.69. The van der Waals surface area contributed by atoms with Crippen LogP contribution in [0.25, 0.3) is 0 Å². The van der Waals surface area contributed by atoms with Crippen molar-refractivity contribution in [2.24, 2.45) is 0 Å². The van der Waals surface area contributed by atoms with Gasteiger partial charge in [0.15, 0.2) is 0 Å². The SMILES string of the molecule is Cc1cccc(CN2CCN(C(=O)C[C@H]3Sc4ccccc4NC3=O)CC2)c1.